The molecule has 0 amide bonds. The van der Waals surface area contributed by atoms with E-state index in [1.807, 2.05) is 32.9 Å². The lowest BCUT2D eigenvalue weighted by Crippen LogP contribution is -2.32. The van der Waals surface area contributed by atoms with Gasteiger partial charge in [-0.3, -0.25) is 10.00 Å². The molecule has 0 atom stereocenters. The highest BCUT2D eigenvalue weighted by atomic mass is 35.5. The predicted octanol–water partition coefficient (Wildman–Crippen LogP) is 3.94. The van der Waals surface area contributed by atoms with Crippen LogP contribution in [-0.2, 0) is 6.54 Å². The van der Waals surface area contributed by atoms with Gasteiger partial charge in [-0.05, 0) is 64.4 Å². The van der Waals surface area contributed by atoms with Crippen molar-refractivity contribution in [1.82, 2.24) is 20.1 Å². The highest BCUT2D eigenvalue weighted by molar-refractivity contribution is 6.32. The summed E-state index contributed by atoms with van der Waals surface area (Å²) in [5.41, 5.74) is 1.15. The number of aromatic amines is 1. The molecule has 1 aromatic carbocycles. The minimum atomic E-state index is 0.444. The summed E-state index contributed by atoms with van der Waals surface area (Å²) in [4.78, 5) is 6.92. The average molecular weight is 379 g/mol. The predicted molar refractivity (Wildman–Crippen MR) is 102 cm³/mol. The molecule has 2 aromatic rings. The molecule has 1 aliphatic rings. The fraction of sp³-hybridized carbons (Fsp3) is 0.579. The Labute approximate surface area is 159 Å². The lowest BCUT2D eigenvalue weighted by molar-refractivity contribution is 0.201. The number of hydrogen-bond donors (Lipinski definition) is 1. The zero-order valence-electron chi connectivity index (χ0n) is 15.7. The highest BCUT2D eigenvalue weighted by Crippen LogP contribution is 2.37. The Morgan fingerprint density at radius 3 is 2.54 bits per heavy atom. The van der Waals surface area contributed by atoms with Crippen molar-refractivity contribution in [2.45, 2.75) is 46.1 Å². The first kappa shape index (κ1) is 19.0. The first-order chi connectivity index (χ1) is 12.6. The number of piperidine rings is 1. The quantitative estimate of drug-likeness (QED) is 0.790. The van der Waals surface area contributed by atoms with Gasteiger partial charge in [0.05, 0.1) is 18.2 Å². The van der Waals surface area contributed by atoms with Gasteiger partial charge < -0.3 is 9.47 Å². The Hall–Kier alpha value is -1.79. The van der Waals surface area contributed by atoms with Crippen molar-refractivity contribution in [3.8, 4) is 11.5 Å². The Bertz CT molecular complexity index is 726. The molecule has 1 fully saturated rings. The molecule has 2 heterocycles. The van der Waals surface area contributed by atoms with E-state index in [4.69, 9.17) is 21.1 Å². The van der Waals surface area contributed by atoms with Crippen molar-refractivity contribution in [3.63, 3.8) is 0 Å². The normalized spacial score (nSPS) is 16.0. The van der Waals surface area contributed by atoms with Gasteiger partial charge in [0.25, 0.3) is 0 Å². The number of halogens is 1. The van der Waals surface area contributed by atoms with Gasteiger partial charge in [-0.15, -0.1) is 0 Å². The molecule has 3 rings (SSSR count). The van der Waals surface area contributed by atoms with Crippen LogP contribution in [0.25, 0.3) is 0 Å². The van der Waals surface area contributed by atoms with Gasteiger partial charge >= 0.3 is 0 Å². The Morgan fingerprint density at radius 2 is 1.92 bits per heavy atom. The van der Waals surface area contributed by atoms with Crippen LogP contribution in [0, 0.1) is 6.92 Å². The lowest BCUT2D eigenvalue weighted by atomic mass is 9.96. The van der Waals surface area contributed by atoms with E-state index in [1.165, 1.54) is 0 Å². The zero-order valence-corrected chi connectivity index (χ0v) is 16.5. The van der Waals surface area contributed by atoms with Gasteiger partial charge in [-0.1, -0.05) is 11.6 Å². The van der Waals surface area contributed by atoms with Crippen LogP contribution in [-0.4, -0.2) is 46.4 Å². The number of rotatable bonds is 7. The van der Waals surface area contributed by atoms with E-state index < -0.39 is 0 Å². The van der Waals surface area contributed by atoms with Crippen LogP contribution < -0.4 is 9.47 Å². The number of aromatic nitrogens is 3. The van der Waals surface area contributed by atoms with Crippen LogP contribution in [0.3, 0.4) is 0 Å². The maximum absolute atomic E-state index is 6.43. The van der Waals surface area contributed by atoms with E-state index in [9.17, 15) is 0 Å². The maximum atomic E-state index is 6.43. The minimum absolute atomic E-state index is 0.444. The summed E-state index contributed by atoms with van der Waals surface area (Å²) in [6.07, 6.45) is 2.14. The average Bonchev–Trinajstić information content (AvgIpc) is 3.05. The molecule has 0 spiro atoms. The third-order valence-electron chi connectivity index (χ3n) is 4.63. The van der Waals surface area contributed by atoms with Crippen molar-refractivity contribution in [2.24, 2.45) is 0 Å². The van der Waals surface area contributed by atoms with Crippen LogP contribution in [0.1, 0.15) is 49.8 Å². The van der Waals surface area contributed by atoms with Gasteiger partial charge in [0.1, 0.15) is 5.82 Å². The second kappa shape index (κ2) is 8.73. The zero-order chi connectivity index (χ0) is 18.5. The fourth-order valence-corrected chi connectivity index (χ4v) is 3.70. The molecule has 26 heavy (non-hydrogen) atoms. The van der Waals surface area contributed by atoms with Crippen molar-refractivity contribution in [3.05, 3.63) is 34.4 Å². The third kappa shape index (κ3) is 4.48. The Morgan fingerprint density at radius 1 is 1.19 bits per heavy atom. The third-order valence-corrected chi connectivity index (χ3v) is 4.91. The number of nitrogens with zero attached hydrogens (tertiary/aromatic N) is 3. The number of likely N-dealkylation sites (tertiary alicyclic amines) is 1. The van der Waals surface area contributed by atoms with Crippen molar-refractivity contribution < 1.29 is 9.47 Å². The van der Waals surface area contributed by atoms with Gasteiger partial charge in [0, 0.05) is 12.5 Å². The molecule has 0 saturated carbocycles. The number of benzene rings is 1. The van der Waals surface area contributed by atoms with E-state index >= 15 is 0 Å². The molecule has 0 radical (unpaired) electrons. The van der Waals surface area contributed by atoms with Gasteiger partial charge in [0.15, 0.2) is 17.3 Å². The molecule has 6 nitrogen and oxygen atoms in total. The summed E-state index contributed by atoms with van der Waals surface area (Å²) < 4.78 is 11.4. The van der Waals surface area contributed by atoms with E-state index in [2.05, 4.69) is 20.1 Å². The number of nitrogens with one attached hydrogen (secondary N) is 1. The second-order valence-corrected chi connectivity index (χ2v) is 7.01. The molecular weight excluding hydrogens is 352 g/mol. The summed E-state index contributed by atoms with van der Waals surface area (Å²) in [5, 5.41) is 7.87. The van der Waals surface area contributed by atoms with Gasteiger partial charge in [-0.2, -0.15) is 5.10 Å². The molecular formula is C19H27ClN4O2. The van der Waals surface area contributed by atoms with Gasteiger partial charge in [-0.25, -0.2) is 4.98 Å². The topological polar surface area (TPSA) is 63.3 Å². The standard InChI is InChI=1S/C19H27ClN4O2/c1-4-25-17-11-14(10-16(20)18(17)26-5-2)12-24-8-6-15(7-9-24)19-21-13(3)22-23-19/h10-11,15H,4-9,12H2,1-3H3,(H,21,22,23). The van der Waals surface area contributed by atoms with Crippen LogP contribution in [0.15, 0.2) is 12.1 Å². The molecule has 1 N–H and O–H groups in total. The van der Waals surface area contributed by atoms with Crippen LogP contribution >= 0.6 is 11.6 Å². The molecule has 0 bridgehead atoms. The fourth-order valence-electron chi connectivity index (χ4n) is 3.41. The van der Waals surface area contributed by atoms with Gasteiger partial charge in [0.2, 0.25) is 0 Å². The first-order valence-electron chi connectivity index (χ1n) is 9.30. The first-order valence-corrected chi connectivity index (χ1v) is 9.67. The summed E-state index contributed by atoms with van der Waals surface area (Å²) in [5.74, 6) is 3.64. The summed E-state index contributed by atoms with van der Waals surface area (Å²) in [6.45, 7) is 9.89. The summed E-state index contributed by atoms with van der Waals surface area (Å²) in [7, 11) is 0. The molecule has 142 valence electrons. The molecule has 7 heteroatoms. The lowest BCUT2D eigenvalue weighted by Gasteiger charge is -2.31. The Balaban J connectivity index is 1.64. The SMILES string of the molecule is CCOc1cc(CN2CCC(c3n[nH]c(C)n3)CC2)cc(Cl)c1OCC. The molecule has 1 aromatic heterocycles. The molecule has 0 unspecified atom stereocenters. The van der Waals surface area contributed by atoms with E-state index in [-0.39, 0.29) is 0 Å². The molecule has 1 aliphatic heterocycles. The van der Waals surface area contributed by atoms with Crippen LogP contribution in [0.2, 0.25) is 5.02 Å². The monoisotopic (exact) mass is 378 g/mol. The second-order valence-electron chi connectivity index (χ2n) is 6.60. The number of ether oxygens (including phenoxy) is 2. The number of H-pyrrole nitrogens is 1. The van der Waals surface area contributed by atoms with E-state index in [0.29, 0.717) is 29.9 Å². The molecule has 1 saturated heterocycles. The van der Waals surface area contributed by atoms with Crippen LogP contribution in [0.4, 0.5) is 0 Å². The Kier molecular flexibility index (Phi) is 6.38. The van der Waals surface area contributed by atoms with Crippen LogP contribution in [0.5, 0.6) is 11.5 Å². The summed E-state index contributed by atoms with van der Waals surface area (Å²) >= 11 is 6.43. The summed E-state index contributed by atoms with van der Waals surface area (Å²) in [6, 6.07) is 4.03. The number of aryl methyl sites for hydroxylation is 1. The molecule has 0 aliphatic carbocycles. The smallest absolute Gasteiger partial charge is 0.179 e. The minimum Gasteiger partial charge on any atom is -0.490 e. The van der Waals surface area contributed by atoms with E-state index in [0.717, 1.165) is 55.4 Å². The van der Waals surface area contributed by atoms with Crippen molar-refractivity contribution in [1.29, 1.82) is 0 Å². The van der Waals surface area contributed by atoms with Crippen molar-refractivity contribution >= 4 is 11.6 Å². The largest absolute Gasteiger partial charge is 0.490 e. The highest BCUT2D eigenvalue weighted by Gasteiger charge is 2.24. The van der Waals surface area contributed by atoms with Crippen molar-refractivity contribution in [2.75, 3.05) is 26.3 Å². The maximum Gasteiger partial charge on any atom is 0.179 e. The van der Waals surface area contributed by atoms with E-state index in [1.54, 1.807) is 0 Å². The number of hydrogen-bond acceptors (Lipinski definition) is 5.